The van der Waals surface area contributed by atoms with Crippen molar-refractivity contribution >= 4 is 32.9 Å². The molecule has 0 unspecified atom stereocenters. The predicted octanol–water partition coefficient (Wildman–Crippen LogP) is 0.761. The normalized spacial score (nSPS) is 12.6. The molecule has 0 aliphatic heterocycles. The second kappa shape index (κ2) is 8.17. The van der Waals surface area contributed by atoms with Gasteiger partial charge in [-0.3, -0.25) is 0 Å². The van der Waals surface area contributed by atoms with Gasteiger partial charge in [-0.05, 0) is 6.92 Å². The fraction of sp³-hybridized carbons (Fsp3) is 0.636. The van der Waals surface area contributed by atoms with Crippen LogP contribution in [-0.4, -0.2) is 46.3 Å². The van der Waals surface area contributed by atoms with Gasteiger partial charge in [0.15, 0.2) is 0 Å². The van der Waals surface area contributed by atoms with Crippen LogP contribution in [0, 0.1) is 0 Å². The molecule has 4 N–H and O–H groups in total. The molecule has 8 nitrogen and oxygen atoms in total. The van der Waals surface area contributed by atoms with Gasteiger partial charge >= 0.3 is 0 Å². The first-order valence-corrected chi connectivity index (χ1v) is 8.12. The molecule has 0 fully saturated rings. The Morgan fingerprint density at radius 3 is 2.05 bits per heavy atom. The lowest BCUT2D eigenvalue weighted by Crippen LogP contribution is -2.18. The molecule has 0 amide bonds. The molecule has 2 heterocycles. The third-order valence-electron chi connectivity index (χ3n) is 2.50. The van der Waals surface area contributed by atoms with Gasteiger partial charge in [0.25, 0.3) is 0 Å². The number of nitrogens with two attached hydrogens (primary N) is 2. The summed E-state index contributed by atoms with van der Waals surface area (Å²) in [6.45, 7) is 3.66. The molecule has 0 radical (unpaired) electrons. The molecule has 1 atom stereocenters. The standard InChI is InChI=1S/C11H18N6O2S2/c1-7(19-5-3-9-15-17-11(13)21-9)6-18-4-2-8-14-16-10(12)20-8/h7H,2-6H2,1H3,(H2,12,16)(H2,13,17)/t7-/m1/s1. The zero-order valence-corrected chi connectivity index (χ0v) is 13.3. The molecule has 0 bridgehead atoms. The van der Waals surface area contributed by atoms with Crippen LogP contribution in [0.15, 0.2) is 0 Å². The molecular weight excluding hydrogens is 312 g/mol. The van der Waals surface area contributed by atoms with Crippen molar-refractivity contribution < 1.29 is 9.47 Å². The van der Waals surface area contributed by atoms with Crippen molar-refractivity contribution in [1.82, 2.24) is 20.4 Å². The summed E-state index contributed by atoms with van der Waals surface area (Å²) in [4.78, 5) is 0. The van der Waals surface area contributed by atoms with E-state index in [1.54, 1.807) is 0 Å². The molecule has 0 aliphatic carbocycles. The quantitative estimate of drug-likeness (QED) is 0.646. The lowest BCUT2D eigenvalue weighted by Gasteiger charge is -2.12. The van der Waals surface area contributed by atoms with E-state index in [2.05, 4.69) is 20.4 Å². The predicted molar refractivity (Wildman–Crippen MR) is 82.3 cm³/mol. The van der Waals surface area contributed by atoms with Crippen LogP contribution in [0.25, 0.3) is 0 Å². The average molecular weight is 330 g/mol. The highest BCUT2D eigenvalue weighted by atomic mass is 32.1. The van der Waals surface area contributed by atoms with Crippen LogP contribution >= 0.6 is 22.7 Å². The van der Waals surface area contributed by atoms with Crippen LogP contribution < -0.4 is 11.5 Å². The largest absolute Gasteiger partial charge is 0.378 e. The van der Waals surface area contributed by atoms with Gasteiger partial charge in [-0.15, -0.1) is 20.4 Å². The molecule has 0 saturated heterocycles. The maximum Gasteiger partial charge on any atom is 0.203 e. The molecule has 0 saturated carbocycles. The summed E-state index contributed by atoms with van der Waals surface area (Å²) in [6, 6.07) is 0. The Balaban J connectivity index is 1.52. The van der Waals surface area contributed by atoms with E-state index in [-0.39, 0.29) is 6.10 Å². The number of nitrogens with zero attached hydrogens (tertiary/aromatic N) is 4. The monoisotopic (exact) mass is 330 g/mol. The first kappa shape index (κ1) is 16.0. The van der Waals surface area contributed by atoms with E-state index in [1.165, 1.54) is 22.7 Å². The SMILES string of the molecule is C[C@H](COCCc1nnc(N)s1)OCCc1nnc(N)s1. The van der Waals surface area contributed by atoms with Crippen LogP contribution in [0.3, 0.4) is 0 Å². The van der Waals surface area contributed by atoms with Gasteiger partial charge in [0, 0.05) is 12.8 Å². The van der Waals surface area contributed by atoms with E-state index < -0.39 is 0 Å². The number of hydrogen-bond acceptors (Lipinski definition) is 10. The van der Waals surface area contributed by atoms with Gasteiger partial charge < -0.3 is 20.9 Å². The average Bonchev–Trinajstić information content (AvgIpc) is 3.04. The zero-order valence-electron chi connectivity index (χ0n) is 11.7. The van der Waals surface area contributed by atoms with E-state index >= 15 is 0 Å². The highest BCUT2D eigenvalue weighted by molar-refractivity contribution is 7.15. The molecule has 0 aliphatic rings. The Labute approximate surface area is 130 Å². The second-order valence-electron chi connectivity index (χ2n) is 4.32. The molecule has 2 aromatic rings. The van der Waals surface area contributed by atoms with Crippen LogP contribution in [0.2, 0.25) is 0 Å². The molecule has 21 heavy (non-hydrogen) atoms. The van der Waals surface area contributed by atoms with Gasteiger partial charge in [0.2, 0.25) is 10.3 Å². The zero-order chi connectivity index (χ0) is 15.1. The minimum Gasteiger partial charge on any atom is -0.378 e. The highest BCUT2D eigenvalue weighted by Crippen LogP contribution is 2.12. The van der Waals surface area contributed by atoms with E-state index in [4.69, 9.17) is 20.9 Å². The topological polar surface area (TPSA) is 122 Å². The number of aromatic nitrogens is 4. The molecule has 2 rings (SSSR count). The summed E-state index contributed by atoms with van der Waals surface area (Å²) in [7, 11) is 0. The van der Waals surface area contributed by atoms with Crippen molar-refractivity contribution in [3.8, 4) is 0 Å². The number of rotatable bonds is 9. The van der Waals surface area contributed by atoms with Crippen molar-refractivity contribution in [3.05, 3.63) is 10.0 Å². The van der Waals surface area contributed by atoms with Crippen molar-refractivity contribution in [3.63, 3.8) is 0 Å². The Morgan fingerprint density at radius 2 is 1.52 bits per heavy atom. The number of anilines is 2. The molecular formula is C11H18N6O2S2. The van der Waals surface area contributed by atoms with Crippen molar-refractivity contribution in [1.29, 1.82) is 0 Å². The van der Waals surface area contributed by atoms with E-state index in [9.17, 15) is 0 Å². The van der Waals surface area contributed by atoms with Crippen LogP contribution in [0.5, 0.6) is 0 Å². The van der Waals surface area contributed by atoms with Gasteiger partial charge in [-0.25, -0.2) is 0 Å². The van der Waals surface area contributed by atoms with Crippen LogP contribution in [0.4, 0.5) is 10.3 Å². The van der Waals surface area contributed by atoms with Gasteiger partial charge in [0.1, 0.15) is 10.0 Å². The van der Waals surface area contributed by atoms with Crippen LogP contribution in [0.1, 0.15) is 16.9 Å². The number of nitrogen functional groups attached to an aromatic ring is 2. The van der Waals surface area contributed by atoms with Crippen molar-refractivity contribution in [2.45, 2.75) is 25.9 Å². The molecule has 0 aromatic carbocycles. The van der Waals surface area contributed by atoms with Crippen molar-refractivity contribution in [2.24, 2.45) is 0 Å². The molecule has 10 heteroatoms. The van der Waals surface area contributed by atoms with Gasteiger partial charge in [-0.1, -0.05) is 22.7 Å². The maximum absolute atomic E-state index is 5.64. The number of ether oxygens (including phenoxy) is 2. The summed E-state index contributed by atoms with van der Waals surface area (Å²) in [5.74, 6) is 0. The lowest BCUT2D eigenvalue weighted by atomic mass is 10.4. The minimum absolute atomic E-state index is 0.0229. The summed E-state index contributed by atoms with van der Waals surface area (Å²) in [5.41, 5.74) is 11.0. The summed E-state index contributed by atoms with van der Waals surface area (Å²) in [5, 5.41) is 18.1. The first-order chi connectivity index (χ1) is 10.1. The number of hydrogen-bond donors (Lipinski definition) is 2. The molecule has 0 spiro atoms. The molecule has 2 aromatic heterocycles. The Morgan fingerprint density at radius 1 is 0.952 bits per heavy atom. The summed E-state index contributed by atoms with van der Waals surface area (Å²) >= 11 is 2.77. The van der Waals surface area contributed by atoms with Gasteiger partial charge in [0.05, 0.1) is 25.9 Å². The second-order valence-corrected chi connectivity index (χ2v) is 6.51. The van der Waals surface area contributed by atoms with Gasteiger partial charge in [-0.2, -0.15) is 0 Å². The Hall–Kier alpha value is -1.36. The van der Waals surface area contributed by atoms with E-state index in [0.717, 1.165) is 10.0 Å². The first-order valence-electron chi connectivity index (χ1n) is 6.48. The summed E-state index contributed by atoms with van der Waals surface area (Å²) < 4.78 is 11.2. The third-order valence-corrected chi connectivity index (χ3v) is 4.12. The summed E-state index contributed by atoms with van der Waals surface area (Å²) in [6.07, 6.45) is 1.45. The Bertz CT molecular complexity index is 546. The smallest absolute Gasteiger partial charge is 0.203 e. The maximum atomic E-state index is 5.64. The highest BCUT2D eigenvalue weighted by Gasteiger charge is 2.06. The minimum atomic E-state index is 0.0229. The van der Waals surface area contributed by atoms with Crippen LogP contribution in [-0.2, 0) is 22.3 Å². The molecule has 116 valence electrons. The van der Waals surface area contributed by atoms with E-state index in [0.29, 0.717) is 42.9 Å². The fourth-order valence-electron chi connectivity index (χ4n) is 1.54. The Kier molecular flexibility index (Phi) is 6.23. The van der Waals surface area contributed by atoms with E-state index in [1.807, 2.05) is 6.92 Å². The fourth-order valence-corrected chi connectivity index (χ4v) is 2.72. The lowest BCUT2D eigenvalue weighted by molar-refractivity contribution is -0.00472. The van der Waals surface area contributed by atoms with Crippen molar-refractivity contribution in [2.75, 3.05) is 31.3 Å². The third kappa shape index (κ3) is 5.87.